The second kappa shape index (κ2) is 5.00. The largest absolute Gasteiger partial charge is 0.419 e. The van der Waals surface area contributed by atoms with Crippen molar-refractivity contribution in [3.05, 3.63) is 59.9 Å². The van der Waals surface area contributed by atoms with E-state index in [0.717, 1.165) is 22.6 Å². The van der Waals surface area contributed by atoms with E-state index >= 15 is 0 Å². The van der Waals surface area contributed by atoms with Crippen molar-refractivity contribution in [2.75, 3.05) is 0 Å². The maximum atomic E-state index is 12.9. The molecule has 0 spiro atoms. The van der Waals surface area contributed by atoms with Crippen LogP contribution in [-0.4, -0.2) is 9.38 Å². The van der Waals surface area contributed by atoms with Crippen molar-refractivity contribution >= 4 is 5.65 Å². The molecule has 0 unspecified atom stereocenters. The molecule has 0 bridgehead atoms. The van der Waals surface area contributed by atoms with Crippen LogP contribution in [0.15, 0.2) is 48.8 Å². The van der Waals surface area contributed by atoms with Gasteiger partial charge in [-0.2, -0.15) is 26.3 Å². The number of benzene rings is 1. The summed E-state index contributed by atoms with van der Waals surface area (Å²) in [5, 5.41) is 0. The summed E-state index contributed by atoms with van der Waals surface area (Å²) in [6.07, 6.45) is -6.51. The lowest BCUT2D eigenvalue weighted by molar-refractivity contribution is -0.138. The number of rotatable bonds is 1. The highest BCUT2D eigenvalue weighted by Crippen LogP contribution is 2.34. The molecule has 0 aliphatic heterocycles. The number of imidazole rings is 1. The average molecular weight is 330 g/mol. The Bertz CT molecular complexity index is 860. The highest BCUT2D eigenvalue weighted by atomic mass is 19.4. The number of nitrogens with zero attached hydrogens (tertiary/aromatic N) is 2. The second-order valence-electron chi connectivity index (χ2n) is 4.86. The Labute approximate surface area is 126 Å². The van der Waals surface area contributed by atoms with Crippen LogP contribution in [0.5, 0.6) is 0 Å². The van der Waals surface area contributed by atoms with Crippen LogP contribution in [0.2, 0.25) is 0 Å². The Morgan fingerprint density at radius 3 is 2.26 bits per heavy atom. The van der Waals surface area contributed by atoms with Gasteiger partial charge in [0.1, 0.15) is 5.65 Å². The van der Waals surface area contributed by atoms with Crippen LogP contribution in [0.25, 0.3) is 16.9 Å². The van der Waals surface area contributed by atoms with Crippen LogP contribution in [0.1, 0.15) is 11.1 Å². The molecule has 3 aromatic rings. The zero-order chi connectivity index (χ0) is 16.8. The van der Waals surface area contributed by atoms with Gasteiger partial charge in [-0.15, -0.1) is 0 Å². The van der Waals surface area contributed by atoms with Gasteiger partial charge in [-0.05, 0) is 24.3 Å². The third kappa shape index (κ3) is 2.88. The van der Waals surface area contributed by atoms with Crippen molar-refractivity contribution in [2.24, 2.45) is 0 Å². The van der Waals surface area contributed by atoms with Crippen LogP contribution in [0.3, 0.4) is 0 Å². The molecule has 23 heavy (non-hydrogen) atoms. The summed E-state index contributed by atoms with van der Waals surface area (Å²) in [6, 6.07) is 6.37. The van der Waals surface area contributed by atoms with Gasteiger partial charge in [0, 0.05) is 18.0 Å². The quantitative estimate of drug-likeness (QED) is 0.572. The maximum absolute atomic E-state index is 12.9. The third-order valence-corrected chi connectivity index (χ3v) is 3.27. The van der Waals surface area contributed by atoms with Crippen LogP contribution in [0.4, 0.5) is 26.3 Å². The molecule has 1 aromatic carbocycles. The monoisotopic (exact) mass is 330 g/mol. The van der Waals surface area contributed by atoms with Gasteiger partial charge in [-0.3, -0.25) is 0 Å². The van der Waals surface area contributed by atoms with E-state index < -0.39 is 23.5 Å². The number of aromatic nitrogens is 2. The molecule has 0 atom stereocenters. The summed E-state index contributed by atoms with van der Waals surface area (Å²) in [6.45, 7) is 0. The predicted molar refractivity (Wildman–Crippen MR) is 70.6 cm³/mol. The molecule has 120 valence electrons. The molecule has 0 fully saturated rings. The van der Waals surface area contributed by atoms with Gasteiger partial charge in [0.15, 0.2) is 0 Å². The smallest absolute Gasteiger partial charge is 0.306 e. The van der Waals surface area contributed by atoms with Gasteiger partial charge in [-0.25, -0.2) is 4.98 Å². The number of hydrogen-bond acceptors (Lipinski definition) is 1. The minimum absolute atomic E-state index is 0.0350. The highest BCUT2D eigenvalue weighted by Gasteiger charge is 2.34. The van der Waals surface area contributed by atoms with E-state index in [-0.39, 0.29) is 16.9 Å². The van der Waals surface area contributed by atoms with E-state index in [1.807, 2.05) is 0 Å². The molecule has 3 rings (SSSR count). The van der Waals surface area contributed by atoms with Crippen molar-refractivity contribution in [2.45, 2.75) is 12.4 Å². The molecule has 0 N–H and O–H groups in total. The van der Waals surface area contributed by atoms with Crippen molar-refractivity contribution in [3.8, 4) is 11.3 Å². The molecular formula is C15H8F6N2. The Kier molecular flexibility index (Phi) is 3.35. The van der Waals surface area contributed by atoms with Gasteiger partial charge in [-0.1, -0.05) is 12.1 Å². The van der Waals surface area contributed by atoms with Crippen molar-refractivity contribution < 1.29 is 26.3 Å². The molecule has 0 aliphatic carbocycles. The van der Waals surface area contributed by atoms with Crippen LogP contribution >= 0.6 is 0 Å². The molecular weight excluding hydrogens is 322 g/mol. The maximum Gasteiger partial charge on any atom is 0.419 e. The molecule has 0 radical (unpaired) electrons. The first-order chi connectivity index (χ1) is 10.7. The molecule has 8 heteroatoms. The van der Waals surface area contributed by atoms with Crippen LogP contribution < -0.4 is 0 Å². The predicted octanol–water partition coefficient (Wildman–Crippen LogP) is 5.04. The number of fused-ring (bicyclic) bond motifs is 1. The standard InChI is InChI=1S/C15H8F6N2/c16-14(17,18)10-4-1-3-9(7-10)12-8-23-6-2-5-11(13(23)22-12)15(19,20)21/h1-8H. The summed E-state index contributed by atoms with van der Waals surface area (Å²) in [7, 11) is 0. The fourth-order valence-corrected chi connectivity index (χ4v) is 2.23. The molecule has 0 amide bonds. The number of pyridine rings is 1. The summed E-state index contributed by atoms with van der Waals surface area (Å²) in [4.78, 5) is 3.85. The summed E-state index contributed by atoms with van der Waals surface area (Å²) in [5.41, 5.74) is -2.06. The second-order valence-corrected chi connectivity index (χ2v) is 4.86. The van der Waals surface area contributed by atoms with Crippen molar-refractivity contribution in [3.63, 3.8) is 0 Å². The van der Waals surface area contributed by atoms with Gasteiger partial charge >= 0.3 is 12.4 Å². The minimum atomic E-state index is -4.60. The van der Waals surface area contributed by atoms with Gasteiger partial charge in [0.05, 0.1) is 16.8 Å². The average Bonchev–Trinajstić information content (AvgIpc) is 2.89. The molecule has 2 heterocycles. The lowest BCUT2D eigenvalue weighted by Gasteiger charge is -2.07. The van der Waals surface area contributed by atoms with E-state index in [1.165, 1.54) is 30.6 Å². The minimum Gasteiger partial charge on any atom is -0.306 e. The van der Waals surface area contributed by atoms with E-state index in [2.05, 4.69) is 4.98 Å². The van der Waals surface area contributed by atoms with Crippen molar-refractivity contribution in [1.29, 1.82) is 0 Å². The zero-order valence-electron chi connectivity index (χ0n) is 11.3. The first-order valence-electron chi connectivity index (χ1n) is 6.39. The first-order valence-corrected chi connectivity index (χ1v) is 6.39. The van der Waals surface area contributed by atoms with E-state index in [1.54, 1.807) is 0 Å². The Balaban J connectivity index is 2.15. The van der Waals surface area contributed by atoms with E-state index in [0.29, 0.717) is 0 Å². The van der Waals surface area contributed by atoms with Gasteiger partial charge < -0.3 is 4.40 Å². The Morgan fingerprint density at radius 1 is 0.870 bits per heavy atom. The Morgan fingerprint density at radius 2 is 1.61 bits per heavy atom. The highest BCUT2D eigenvalue weighted by molar-refractivity contribution is 5.65. The SMILES string of the molecule is FC(F)(F)c1cccc(-c2cn3cccc(C(F)(F)F)c3n2)c1. The van der Waals surface area contributed by atoms with Crippen LogP contribution in [-0.2, 0) is 12.4 Å². The fraction of sp³-hybridized carbons (Fsp3) is 0.133. The first kappa shape index (κ1) is 15.4. The zero-order valence-corrected chi connectivity index (χ0v) is 11.3. The van der Waals surface area contributed by atoms with E-state index in [4.69, 9.17) is 0 Å². The van der Waals surface area contributed by atoms with Gasteiger partial charge in [0.2, 0.25) is 0 Å². The lowest BCUT2D eigenvalue weighted by Crippen LogP contribution is -2.07. The number of halogens is 6. The summed E-state index contributed by atoms with van der Waals surface area (Å²) >= 11 is 0. The Hall–Kier alpha value is -2.51. The van der Waals surface area contributed by atoms with Crippen LogP contribution in [0, 0.1) is 0 Å². The third-order valence-electron chi connectivity index (χ3n) is 3.27. The lowest BCUT2D eigenvalue weighted by atomic mass is 10.1. The molecule has 0 saturated heterocycles. The topological polar surface area (TPSA) is 17.3 Å². The van der Waals surface area contributed by atoms with Gasteiger partial charge in [0.25, 0.3) is 0 Å². The normalized spacial score (nSPS) is 12.8. The van der Waals surface area contributed by atoms with E-state index in [9.17, 15) is 26.3 Å². The number of alkyl halides is 6. The molecule has 2 aromatic heterocycles. The molecule has 0 saturated carbocycles. The molecule has 0 aliphatic rings. The summed E-state index contributed by atoms with van der Waals surface area (Å²) in [5.74, 6) is 0. The van der Waals surface area contributed by atoms with Crippen molar-refractivity contribution in [1.82, 2.24) is 9.38 Å². The molecule has 2 nitrogen and oxygen atoms in total. The summed E-state index contributed by atoms with van der Waals surface area (Å²) < 4.78 is 78.2. The fourth-order valence-electron chi connectivity index (χ4n) is 2.23. The number of hydrogen-bond donors (Lipinski definition) is 0.